The molecule has 4 heteroatoms. The molecular formula is C15H20F3N. The molecule has 1 unspecified atom stereocenters. The van der Waals surface area contributed by atoms with E-state index in [9.17, 15) is 13.2 Å². The minimum absolute atomic E-state index is 0.0654. The van der Waals surface area contributed by atoms with Gasteiger partial charge in [-0.25, -0.2) is 0 Å². The second-order valence-corrected chi connectivity index (χ2v) is 5.13. The van der Waals surface area contributed by atoms with Crippen molar-refractivity contribution in [2.75, 3.05) is 13.1 Å². The number of benzene rings is 1. The summed E-state index contributed by atoms with van der Waals surface area (Å²) < 4.78 is 39.2. The molecule has 1 atom stereocenters. The monoisotopic (exact) mass is 271 g/mol. The maximum Gasteiger partial charge on any atom is 0.416 e. The summed E-state index contributed by atoms with van der Waals surface area (Å²) in [6.07, 6.45) is -0.318. The minimum Gasteiger partial charge on any atom is -0.296 e. The highest BCUT2D eigenvalue weighted by Gasteiger charge is 2.37. The quantitative estimate of drug-likeness (QED) is 0.771. The van der Waals surface area contributed by atoms with Crippen molar-refractivity contribution >= 4 is 0 Å². The van der Waals surface area contributed by atoms with E-state index < -0.39 is 11.7 Å². The summed E-state index contributed by atoms with van der Waals surface area (Å²) in [6, 6.07) is 5.95. The van der Waals surface area contributed by atoms with Crippen molar-refractivity contribution in [2.24, 2.45) is 0 Å². The van der Waals surface area contributed by atoms with Gasteiger partial charge in [0.2, 0.25) is 0 Å². The first kappa shape index (κ1) is 14.4. The number of nitrogens with zero attached hydrogens (tertiary/aromatic N) is 1. The maximum atomic E-state index is 13.1. The summed E-state index contributed by atoms with van der Waals surface area (Å²) >= 11 is 0. The Labute approximate surface area is 112 Å². The number of alkyl halides is 3. The van der Waals surface area contributed by atoms with Crippen LogP contribution in [0.25, 0.3) is 0 Å². The Bertz CT molecular complexity index is 414. The molecule has 1 aliphatic rings. The average molecular weight is 271 g/mol. The van der Waals surface area contributed by atoms with Crippen molar-refractivity contribution in [3.63, 3.8) is 0 Å². The molecule has 0 N–H and O–H groups in total. The Hall–Kier alpha value is -1.03. The number of likely N-dealkylation sites (tertiary alicyclic amines) is 1. The molecule has 1 nitrogen and oxygen atoms in total. The van der Waals surface area contributed by atoms with Gasteiger partial charge in [0.1, 0.15) is 0 Å². The van der Waals surface area contributed by atoms with Crippen molar-refractivity contribution in [1.82, 2.24) is 4.90 Å². The molecule has 1 aliphatic heterocycles. The van der Waals surface area contributed by atoms with Crippen LogP contribution in [0.4, 0.5) is 13.2 Å². The first-order valence-electron chi connectivity index (χ1n) is 6.94. The molecule has 0 spiro atoms. The molecule has 0 aromatic heterocycles. The zero-order valence-corrected chi connectivity index (χ0v) is 11.2. The van der Waals surface area contributed by atoms with Gasteiger partial charge in [-0.15, -0.1) is 0 Å². The third-order valence-electron chi connectivity index (χ3n) is 3.79. The SMILES string of the molecule is CCCCN1CCCC1c1ccccc1C(F)(F)F. The van der Waals surface area contributed by atoms with Crippen molar-refractivity contribution < 1.29 is 13.2 Å². The molecule has 1 fully saturated rings. The largest absolute Gasteiger partial charge is 0.416 e. The van der Waals surface area contributed by atoms with E-state index in [0.29, 0.717) is 5.56 Å². The normalized spacial score (nSPS) is 20.9. The lowest BCUT2D eigenvalue weighted by atomic mass is 9.98. The van der Waals surface area contributed by atoms with E-state index in [0.717, 1.165) is 38.8 Å². The fraction of sp³-hybridized carbons (Fsp3) is 0.600. The Morgan fingerprint density at radius 3 is 2.68 bits per heavy atom. The lowest BCUT2D eigenvalue weighted by Gasteiger charge is -2.27. The average Bonchev–Trinajstić information content (AvgIpc) is 2.83. The number of rotatable bonds is 4. The third-order valence-corrected chi connectivity index (χ3v) is 3.79. The highest BCUT2D eigenvalue weighted by molar-refractivity contribution is 5.33. The summed E-state index contributed by atoms with van der Waals surface area (Å²) in [5.74, 6) is 0. The Balaban J connectivity index is 2.25. The fourth-order valence-electron chi connectivity index (χ4n) is 2.85. The maximum absolute atomic E-state index is 13.1. The highest BCUT2D eigenvalue weighted by atomic mass is 19.4. The molecular weight excluding hydrogens is 251 g/mol. The lowest BCUT2D eigenvalue weighted by Crippen LogP contribution is -2.26. The van der Waals surface area contributed by atoms with E-state index in [1.54, 1.807) is 12.1 Å². The van der Waals surface area contributed by atoms with Crippen LogP contribution in [0.5, 0.6) is 0 Å². The summed E-state index contributed by atoms with van der Waals surface area (Å²) in [5, 5.41) is 0. The van der Waals surface area contributed by atoms with Gasteiger partial charge in [0, 0.05) is 6.04 Å². The summed E-state index contributed by atoms with van der Waals surface area (Å²) in [4.78, 5) is 2.20. The molecule has 0 aliphatic carbocycles. The van der Waals surface area contributed by atoms with Crippen LogP contribution in [0, 0.1) is 0 Å². The summed E-state index contributed by atoms with van der Waals surface area (Å²) in [5.41, 5.74) is -0.0213. The molecule has 0 amide bonds. The van der Waals surface area contributed by atoms with E-state index in [1.807, 2.05) is 0 Å². The van der Waals surface area contributed by atoms with Gasteiger partial charge in [0.05, 0.1) is 5.56 Å². The van der Waals surface area contributed by atoms with Crippen molar-refractivity contribution in [1.29, 1.82) is 0 Å². The van der Waals surface area contributed by atoms with Crippen molar-refractivity contribution in [2.45, 2.75) is 44.8 Å². The van der Waals surface area contributed by atoms with E-state index in [4.69, 9.17) is 0 Å². The fourth-order valence-corrected chi connectivity index (χ4v) is 2.85. The predicted molar refractivity (Wildman–Crippen MR) is 69.9 cm³/mol. The van der Waals surface area contributed by atoms with Gasteiger partial charge in [0.15, 0.2) is 0 Å². The number of halogens is 3. The van der Waals surface area contributed by atoms with Gasteiger partial charge in [-0.2, -0.15) is 13.2 Å². The molecule has 1 aromatic carbocycles. The first-order chi connectivity index (χ1) is 9.04. The van der Waals surface area contributed by atoms with Crippen LogP contribution >= 0.6 is 0 Å². The molecule has 2 rings (SSSR count). The molecule has 1 aromatic rings. The second kappa shape index (κ2) is 5.95. The summed E-state index contributed by atoms with van der Waals surface area (Å²) in [6.45, 7) is 3.92. The molecule has 106 valence electrons. The standard InChI is InChI=1S/C15H20F3N/c1-2-3-10-19-11-6-9-14(19)12-7-4-5-8-13(12)15(16,17)18/h4-5,7-8,14H,2-3,6,9-11H2,1H3. The number of hydrogen-bond acceptors (Lipinski definition) is 1. The topological polar surface area (TPSA) is 3.24 Å². The molecule has 0 radical (unpaired) electrons. The second-order valence-electron chi connectivity index (χ2n) is 5.13. The van der Waals surface area contributed by atoms with E-state index in [1.165, 1.54) is 12.1 Å². The van der Waals surface area contributed by atoms with Gasteiger partial charge in [-0.3, -0.25) is 4.90 Å². The lowest BCUT2D eigenvalue weighted by molar-refractivity contribution is -0.138. The first-order valence-corrected chi connectivity index (χ1v) is 6.94. The highest BCUT2D eigenvalue weighted by Crippen LogP contribution is 2.40. The van der Waals surface area contributed by atoms with Crippen LogP contribution in [0.2, 0.25) is 0 Å². The van der Waals surface area contributed by atoms with Crippen LogP contribution in [0.15, 0.2) is 24.3 Å². The zero-order valence-electron chi connectivity index (χ0n) is 11.2. The van der Waals surface area contributed by atoms with Crippen LogP contribution in [-0.4, -0.2) is 18.0 Å². The van der Waals surface area contributed by atoms with Crippen LogP contribution < -0.4 is 0 Å². The smallest absolute Gasteiger partial charge is 0.296 e. The van der Waals surface area contributed by atoms with Crippen molar-refractivity contribution in [3.05, 3.63) is 35.4 Å². The van der Waals surface area contributed by atoms with Crippen LogP contribution in [-0.2, 0) is 6.18 Å². The van der Waals surface area contributed by atoms with Crippen LogP contribution in [0.3, 0.4) is 0 Å². The third kappa shape index (κ3) is 3.30. The molecule has 1 heterocycles. The van der Waals surface area contributed by atoms with E-state index in [-0.39, 0.29) is 6.04 Å². The Morgan fingerprint density at radius 1 is 1.26 bits per heavy atom. The van der Waals surface area contributed by atoms with E-state index >= 15 is 0 Å². The van der Waals surface area contributed by atoms with E-state index in [2.05, 4.69) is 11.8 Å². The zero-order chi connectivity index (χ0) is 13.9. The Kier molecular flexibility index (Phi) is 4.50. The predicted octanol–water partition coefficient (Wildman–Crippen LogP) is 4.64. The molecule has 1 saturated heterocycles. The Morgan fingerprint density at radius 2 is 2.00 bits per heavy atom. The number of unbranched alkanes of at least 4 members (excludes halogenated alkanes) is 1. The minimum atomic E-state index is -4.25. The molecule has 19 heavy (non-hydrogen) atoms. The van der Waals surface area contributed by atoms with Crippen LogP contribution in [0.1, 0.15) is 49.8 Å². The van der Waals surface area contributed by atoms with Gasteiger partial charge in [-0.1, -0.05) is 31.5 Å². The van der Waals surface area contributed by atoms with Gasteiger partial charge in [0.25, 0.3) is 0 Å². The molecule has 0 saturated carbocycles. The molecule has 0 bridgehead atoms. The van der Waals surface area contributed by atoms with Gasteiger partial charge in [-0.05, 0) is 44.0 Å². The van der Waals surface area contributed by atoms with Gasteiger partial charge < -0.3 is 0 Å². The summed E-state index contributed by atoms with van der Waals surface area (Å²) in [7, 11) is 0. The number of hydrogen-bond donors (Lipinski definition) is 0. The van der Waals surface area contributed by atoms with Crippen molar-refractivity contribution in [3.8, 4) is 0 Å². The van der Waals surface area contributed by atoms with Gasteiger partial charge >= 0.3 is 6.18 Å².